The number of carboxylic acids is 1. The zero-order chi connectivity index (χ0) is 16.1. The van der Waals surface area contributed by atoms with Crippen LogP contribution in [0.5, 0.6) is 0 Å². The van der Waals surface area contributed by atoms with Gasteiger partial charge in [0.2, 0.25) is 5.91 Å². The second-order valence-corrected chi connectivity index (χ2v) is 5.19. The molecule has 2 rings (SSSR count). The van der Waals surface area contributed by atoms with Crippen molar-refractivity contribution in [2.24, 2.45) is 0 Å². The maximum Gasteiger partial charge on any atom is 0.326 e. The van der Waals surface area contributed by atoms with Gasteiger partial charge in [-0.2, -0.15) is 0 Å². The zero-order valence-corrected chi connectivity index (χ0v) is 12.3. The van der Waals surface area contributed by atoms with E-state index in [0.717, 1.165) is 5.56 Å². The van der Waals surface area contributed by atoms with E-state index in [9.17, 15) is 14.4 Å². The first kappa shape index (κ1) is 16.0. The van der Waals surface area contributed by atoms with Crippen molar-refractivity contribution >= 4 is 17.8 Å². The summed E-state index contributed by atoms with van der Waals surface area (Å²) in [5.74, 6) is -1.91. The molecule has 1 N–H and O–H groups in total. The molecule has 0 aromatic heterocycles. The normalized spacial score (nSPS) is 19.0. The zero-order valence-electron chi connectivity index (χ0n) is 12.3. The number of hydrogen-bond donors (Lipinski definition) is 1. The highest BCUT2D eigenvalue weighted by molar-refractivity contribution is 5.87. The lowest BCUT2D eigenvalue weighted by atomic mass is 10.1. The lowest BCUT2D eigenvalue weighted by Crippen LogP contribution is -2.55. The second-order valence-electron chi connectivity index (χ2n) is 5.19. The van der Waals surface area contributed by atoms with Crippen molar-refractivity contribution in [1.29, 1.82) is 0 Å². The van der Waals surface area contributed by atoms with Gasteiger partial charge in [0.1, 0.15) is 19.2 Å². The van der Waals surface area contributed by atoms with Crippen LogP contribution in [0, 0.1) is 0 Å². The van der Waals surface area contributed by atoms with Crippen molar-refractivity contribution in [2.45, 2.75) is 19.1 Å². The van der Waals surface area contributed by atoms with Crippen LogP contribution in [0.2, 0.25) is 0 Å². The van der Waals surface area contributed by atoms with Gasteiger partial charge in [-0.1, -0.05) is 30.3 Å². The van der Waals surface area contributed by atoms with Crippen molar-refractivity contribution in [3.63, 3.8) is 0 Å². The van der Waals surface area contributed by atoms with Crippen molar-refractivity contribution in [2.75, 3.05) is 20.3 Å². The Labute approximate surface area is 128 Å². The number of carboxylic acid groups (broad SMARTS) is 1. The Bertz CT molecular complexity index is 560. The quantitative estimate of drug-likeness (QED) is 0.788. The van der Waals surface area contributed by atoms with Crippen LogP contribution in [-0.2, 0) is 25.7 Å². The smallest absolute Gasteiger partial charge is 0.326 e. The molecular weight excluding hydrogens is 288 g/mol. The number of carbonyl (C=O) groups is 3. The third-order valence-electron chi connectivity index (χ3n) is 3.49. The molecule has 1 saturated heterocycles. The Morgan fingerprint density at radius 3 is 2.64 bits per heavy atom. The molecule has 1 aliphatic rings. The summed E-state index contributed by atoms with van der Waals surface area (Å²) in [5, 5.41) is 9.00. The van der Waals surface area contributed by atoms with Crippen molar-refractivity contribution < 1.29 is 24.2 Å². The molecule has 0 spiro atoms. The fourth-order valence-electron chi connectivity index (χ4n) is 2.25. The summed E-state index contributed by atoms with van der Waals surface area (Å²) >= 11 is 0. The SMILES string of the molecule is CN1CN(CC(=O)OCc2ccccc2)C(=O)C[C@H]1C(=O)O. The molecule has 118 valence electrons. The number of benzene rings is 1. The molecule has 0 radical (unpaired) electrons. The van der Waals surface area contributed by atoms with Gasteiger partial charge in [-0.25, -0.2) is 0 Å². The highest BCUT2D eigenvalue weighted by atomic mass is 16.5. The lowest BCUT2D eigenvalue weighted by Gasteiger charge is -2.36. The second kappa shape index (κ2) is 7.04. The molecule has 0 saturated carbocycles. The van der Waals surface area contributed by atoms with Crippen LogP contribution in [0.4, 0.5) is 0 Å². The fourth-order valence-corrected chi connectivity index (χ4v) is 2.25. The Hall–Kier alpha value is -2.41. The summed E-state index contributed by atoms with van der Waals surface area (Å²) in [7, 11) is 1.60. The summed E-state index contributed by atoms with van der Waals surface area (Å²) < 4.78 is 5.12. The average molecular weight is 306 g/mol. The molecule has 0 bridgehead atoms. The molecule has 0 aliphatic carbocycles. The van der Waals surface area contributed by atoms with Gasteiger partial charge in [0.15, 0.2) is 0 Å². The van der Waals surface area contributed by atoms with Crippen LogP contribution in [0.1, 0.15) is 12.0 Å². The molecule has 7 nitrogen and oxygen atoms in total. The minimum absolute atomic E-state index is 0.0935. The number of likely N-dealkylation sites (N-methyl/N-ethyl adjacent to an activating group) is 1. The summed E-state index contributed by atoms with van der Waals surface area (Å²) in [6.45, 7) is 0.0634. The molecule has 7 heteroatoms. The van der Waals surface area contributed by atoms with E-state index in [2.05, 4.69) is 0 Å². The number of rotatable bonds is 5. The monoisotopic (exact) mass is 306 g/mol. The topological polar surface area (TPSA) is 87.2 Å². The van der Waals surface area contributed by atoms with Crippen molar-refractivity contribution in [3.8, 4) is 0 Å². The predicted octanol–water partition coefficient (Wildman–Crippen LogP) is 0.305. The van der Waals surface area contributed by atoms with E-state index >= 15 is 0 Å². The molecular formula is C15H18N2O5. The molecule has 1 fully saturated rings. The Morgan fingerprint density at radius 1 is 1.32 bits per heavy atom. The van der Waals surface area contributed by atoms with Gasteiger partial charge in [-0.05, 0) is 12.6 Å². The minimum atomic E-state index is -1.04. The number of ether oxygens (including phenoxy) is 1. The highest BCUT2D eigenvalue weighted by Gasteiger charge is 2.35. The summed E-state index contributed by atoms with van der Waals surface area (Å²) in [5.41, 5.74) is 0.865. The largest absolute Gasteiger partial charge is 0.480 e. The van der Waals surface area contributed by atoms with E-state index < -0.39 is 18.0 Å². The summed E-state index contributed by atoms with van der Waals surface area (Å²) in [6, 6.07) is 8.39. The summed E-state index contributed by atoms with van der Waals surface area (Å²) in [4.78, 5) is 37.5. The molecule has 0 unspecified atom stereocenters. The van der Waals surface area contributed by atoms with Crippen LogP contribution in [0.25, 0.3) is 0 Å². The number of aliphatic carboxylic acids is 1. The van der Waals surface area contributed by atoms with Gasteiger partial charge in [0, 0.05) is 0 Å². The van der Waals surface area contributed by atoms with E-state index in [4.69, 9.17) is 9.84 Å². The molecule has 1 amide bonds. The number of hydrogen-bond acceptors (Lipinski definition) is 5. The number of carbonyl (C=O) groups excluding carboxylic acids is 2. The van der Waals surface area contributed by atoms with Gasteiger partial charge in [-0.15, -0.1) is 0 Å². The van der Waals surface area contributed by atoms with Gasteiger partial charge < -0.3 is 14.7 Å². The Morgan fingerprint density at radius 2 is 2.00 bits per heavy atom. The highest BCUT2D eigenvalue weighted by Crippen LogP contribution is 2.13. The third-order valence-corrected chi connectivity index (χ3v) is 3.49. The van der Waals surface area contributed by atoms with Gasteiger partial charge in [0.05, 0.1) is 13.1 Å². The molecule has 1 atom stereocenters. The molecule has 1 aliphatic heterocycles. The van der Waals surface area contributed by atoms with Crippen LogP contribution in [0.15, 0.2) is 30.3 Å². The van der Waals surface area contributed by atoms with Crippen LogP contribution < -0.4 is 0 Å². The van der Waals surface area contributed by atoms with Crippen LogP contribution >= 0.6 is 0 Å². The fraction of sp³-hybridized carbons (Fsp3) is 0.400. The van der Waals surface area contributed by atoms with Crippen LogP contribution in [-0.4, -0.2) is 59.1 Å². The van der Waals surface area contributed by atoms with Gasteiger partial charge >= 0.3 is 11.9 Å². The average Bonchev–Trinajstić information content (AvgIpc) is 2.49. The van der Waals surface area contributed by atoms with E-state index in [-0.39, 0.29) is 32.1 Å². The first-order valence-electron chi connectivity index (χ1n) is 6.87. The Kier molecular flexibility index (Phi) is 5.11. The molecule has 1 heterocycles. The molecule has 22 heavy (non-hydrogen) atoms. The number of esters is 1. The first-order valence-corrected chi connectivity index (χ1v) is 6.87. The van der Waals surface area contributed by atoms with Gasteiger partial charge in [-0.3, -0.25) is 19.3 Å². The van der Waals surface area contributed by atoms with E-state index in [1.807, 2.05) is 30.3 Å². The number of nitrogens with zero attached hydrogens (tertiary/aromatic N) is 2. The Balaban J connectivity index is 1.84. The maximum atomic E-state index is 11.9. The number of amides is 1. The van der Waals surface area contributed by atoms with Crippen molar-refractivity contribution in [3.05, 3.63) is 35.9 Å². The van der Waals surface area contributed by atoms with E-state index in [1.165, 1.54) is 9.80 Å². The maximum absolute atomic E-state index is 11.9. The molecule has 1 aromatic carbocycles. The van der Waals surface area contributed by atoms with E-state index in [1.54, 1.807) is 7.05 Å². The minimum Gasteiger partial charge on any atom is -0.480 e. The first-order chi connectivity index (χ1) is 10.5. The molecule has 1 aromatic rings. The van der Waals surface area contributed by atoms with E-state index in [0.29, 0.717) is 0 Å². The lowest BCUT2D eigenvalue weighted by molar-refractivity contribution is -0.159. The van der Waals surface area contributed by atoms with Crippen LogP contribution in [0.3, 0.4) is 0 Å². The third kappa shape index (κ3) is 4.05. The predicted molar refractivity (Wildman–Crippen MR) is 76.6 cm³/mol. The summed E-state index contributed by atoms with van der Waals surface area (Å²) in [6.07, 6.45) is -0.141. The standard InChI is InChI=1S/C15H18N2O5/c1-16-10-17(13(18)7-12(16)15(20)21)8-14(19)22-9-11-5-3-2-4-6-11/h2-6,12H,7-10H2,1H3,(H,20,21)/t12-/m0/s1. The van der Waals surface area contributed by atoms with Crippen molar-refractivity contribution in [1.82, 2.24) is 9.80 Å². The van der Waals surface area contributed by atoms with Gasteiger partial charge in [0.25, 0.3) is 0 Å².